The Morgan fingerprint density at radius 2 is 1.79 bits per heavy atom. The third-order valence-corrected chi connectivity index (χ3v) is 3.89. The average molecular weight is 403 g/mol. The van der Waals surface area contributed by atoms with Gasteiger partial charge >= 0.3 is 6.36 Å². The Morgan fingerprint density at radius 1 is 1.00 bits per heavy atom. The molecule has 0 bridgehead atoms. The fourth-order valence-electron chi connectivity index (χ4n) is 2.66. The molecule has 3 aromatic rings. The van der Waals surface area contributed by atoms with Crippen LogP contribution in [0.15, 0.2) is 54.9 Å². The van der Waals surface area contributed by atoms with E-state index in [0.717, 1.165) is 12.0 Å². The average Bonchev–Trinajstić information content (AvgIpc) is 2.68. The molecule has 3 rings (SSSR count). The van der Waals surface area contributed by atoms with Gasteiger partial charge in [-0.1, -0.05) is 12.1 Å². The number of benzene rings is 1. The zero-order valence-electron chi connectivity index (χ0n) is 15.7. The van der Waals surface area contributed by atoms with Crippen molar-refractivity contribution in [1.82, 2.24) is 15.0 Å². The van der Waals surface area contributed by atoms with Gasteiger partial charge in [-0.15, -0.1) is 13.2 Å². The van der Waals surface area contributed by atoms with Gasteiger partial charge in [0.15, 0.2) is 0 Å². The quantitative estimate of drug-likeness (QED) is 0.576. The van der Waals surface area contributed by atoms with E-state index in [1.165, 1.54) is 18.2 Å². The molecule has 0 radical (unpaired) electrons. The van der Waals surface area contributed by atoms with Crippen LogP contribution in [0.4, 0.5) is 24.9 Å². The highest BCUT2D eigenvalue weighted by molar-refractivity contribution is 5.65. The number of alkyl halides is 3. The van der Waals surface area contributed by atoms with Gasteiger partial charge in [0, 0.05) is 37.1 Å². The molecule has 29 heavy (non-hydrogen) atoms. The molecule has 2 N–H and O–H groups in total. The second kappa shape index (κ2) is 9.22. The van der Waals surface area contributed by atoms with Gasteiger partial charge in [-0.3, -0.25) is 4.98 Å². The van der Waals surface area contributed by atoms with Gasteiger partial charge in [0.05, 0.1) is 5.69 Å². The number of halogens is 3. The summed E-state index contributed by atoms with van der Waals surface area (Å²) in [5, 5.41) is 6.27. The lowest BCUT2D eigenvalue weighted by atomic mass is 10.1. The maximum atomic E-state index is 12.5. The summed E-state index contributed by atoms with van der Waals surface area (Å²) < 4.78 is 41.5. The predicted molar refractivity (Wildman–Crippen MR) is 105 cm³/mol. The molecule has 2 heterocycles. The van der Waals surface area contributed by atoms with Crippen LogP contribution in [0, 0.1) is 0 Å². The number of anilines is 2. The van der Waals surface area contributed by atoms with Crippen LogP contribution in [0.5, 0.6) is 5.75 Å². The SMILES string of the molecule is CCNc1nc(NCCc2ccncc2)cc(-c2cccc(OC(F)(F)F)c2)n1. The topological polar surface area (TPSA) is 72.0 Å². The molecule has 0 saturated carbocycles. The minimum atomic E-state index is -4.75. The molecule has 0 unspecified atom stereocenters. The van der Waals surface area contributed by atoms with Crippen molar-refractivity contribution in [3.05, 3.63) is 60.4 Å². The van der Waals surface area contributed by atoms with Gasteiger partial charge in [-0.25, -0.2) is 4.98 Å². The van der Waals surface area contributed by atoms with Crippen LogP contribution in [0.1, 0.15) is 12.5 Å². The first-order valence-electron chi connectivity index (χ1n) is 9.05. The second-order valence-electron chi connectivity index (χ2n) is 6.10. The summed E-state index contributed by atoms with van der Waals surface area (Å²) >= 11 is 0. The molecule has 0 atom stereocenters. The molecule has 1 aromatic carbocycles. The van der Waals surface area contributed by atoms with Gasteiger partial charge in [-0.2, -0.15) is 4.98 Å². The summed E-state index contributed by atoms with van der Waals surface area (Å²) in [6, 6.07) is 11.3. The van der Waals surface area contributed by atoms with Crippen LogP contribution < -0.4 is 15.4 Å². The van der Waals surface area contributed by atoms with Crippen LogP contribution in [-0.4, -0.2) is 34.4 Å². The molecule has 0 spiro atoms. The van der Waals surface area contributed by atoms with E-state index in [0.29, 0.717) is 36.1 Å². The summed E-state index contributed by atoms with van der Waals surface area (Å²) in [4.78, 5) is 12.8. The number of ether oxygens (including phenoxy) is 1. The van der Waals surface area contributed by atoms with Crippen molar-refractivity contribution in [3.8, 4) is 17.0 Å². The molecule has 0 aliphatic heterocycles. The highest BCUT2D eigenvalue weighted by Crippen LogP contribution is 2.28. The van der Waals surface area contributed by atoms with Crippen LogP contribution >= 0.6 is 0 Å². The van der Waals surface area contributed by atoms with Gasteiger partial charge in [0.1, 0.15) is 11.6 Å². The normalized spacial score (nSPS) is 11.2. The Balaban J connectivity index is 1.80. The lowest BCUT2D eigenvalue weighted by molar-refractivity contribution is -0.274. The molecule has 0 saturated heterocycles. The number of pyridine rings is 1. The molecule has 9 heteroatoms. The van der Waals surface area contributed by atoms with Gasteiger partial charge in [0.25, 0.3) is 0 Å². The smallest absolute Gasteiger partial charge is 0.406 e. The van der Waals surface area contributed by atoms with Crippen molar-refractivity contribution in [2.75, 3.05) is 23.7 Å². The van der Waals surface area contributed by atoms with Crippen molar-refractivity contribution in [2.24, 2.45) is 0 Å². The standard InChI is InChI=1S/C20H20F3N5O/c1-2-25-19-27-17(15-4-3-5-16(12-15)29-20(21,22)23)13-18(28-19)26-11-8-14-6-9-24-10-7-14/h3-7,9-10,12-13H,2,8,11H2,1H3,(H2,25,26,27,28). The maximum absolute atomic E-state index is 12.5. The minimum Gasteiger partial charge on any atom is -0.406 e. The molecule has 0 aliphatic rings. The van der Waals surface area contributed by atoms with E-state index in [1.807, 2.05) is 19.1 Å². The molecule has 6 nitrogen and oxygen atoms in total. The van der Waals surface area contributed by atoms with E-state index in [9.17, 15) is 13.2 Å². The fraction of sp³-hybridized carbons (Fsp3) is 0.250. The van der Waals surface area contributed by atoms with E-state index in [-0.39, 0.29) is 5.75 Å². The van der Waals surface area contributed by atoms with Crippen molar-refractivity contribution in [3.63, 3.8) is 0 Å². The maximum Gasteiger partial charge on any atom is 0.573 e. The van der Waals surface area contributed by atoms with E-state index < -0.39 is 6.36 Å². The third kappa shape index (κ3) is 6.34. The van der Waals surface area contributed by atoms with E-state index in [1.54, 1.807) is 24.5 Å². The molecule has 2 aromatic heterocycles. The summed E-state index contributed by atoms with van der Waals surface area (Å²) in [5.74, 6) is 0.659. The van der Waals surface area contributed by atoms with E-state index >= 15 is 0 Å². The first kappa shape index (κ1) is 20.4. The van der Waals surface area contributed by atoms with Crippen LogP contribution in [-0.2, 0) is 6.42 Å². The van der Waals surface area contributed by atoms with Gasteiger partial charge < -0.3 is 15.4 Å². The summed E-state index contributed by atoms with van der Waals surface area (Å²) in [6.07, 6.45) is -0.513. The van der Waals surface area contributed by atoms with Gasteiger partial charge in [0.2, 0.25) is 5.95 Å². The first-order valence-corrected chi connectivity index (χ1v) is 9.05. The lowest BCUT2D eigenvalue weighted by Crippen LogP contribution is -2.17. The number of hydrogen-bond acceptors (Lipinski definition) is 6. The highest BCUT2D eigenvalue weighted by atomic mass is 19.4. The van der Waals surface area contributed by atoms with Gasteiger partial charge in [-0.05, 0) is 43.2 Å². The third-order valence-electron chi connectivity index (χ3n) is 3.89. The number of aromatic nitrogens is 3. The van der Waals surface area contributed by atoms with Crippen LogP contribution in [0.25, 0.3) is 11.3 Å². The lowest BCUT2D eigenvalue weighted by Gasteiger charge is -2.12. The van der Waals surface area contributed by atoms with Crippen LogP contribution in [0.2, 0.25) is 0 Å². The predicted octanol–water partition coefficient (Wildman–Crippen LogP) is 4.52. The zero-order chi connectivity index (χ0) is 20.7. The summed E-state index contributed by atoms with van der Waals surface area (Å²) in [6.45, 7) is 3.14. The Kier molecular flexibility index (Phi) is 6.48. The van der Waals surface area contributed by atoms with Crippen molar-refractivity contribution in [2.45, 2.75) is 19.7 Å². The highest BCUT2D eigenvalue weighted by Gasteiger charge is 2.31. The Hall–Kier alpha value is -3.36. The second-order valence-corrected chi connectivity index (χ2v) is 6.10. The number of hydrogen-bond donors (Lipinski definition) is 2. The zero-order valence-corrected chi connectivity index (χ0v) is 15.7. The largest absolute Gasteiger partial charge is 0.573 e. The molecule has 0 amide bonds. The van der Waals surface area contributed by atoms with E-state index in [2.05, 4.69) is 30.3 Å². The Morgan fingerprint density at radius 3 is 2.52 bits per heavy atom. The fourth-order valence-corrected chi connectivity index (χ4v) is 2.66. The Labute approximate surface area is 166 Å². The molecule has 0 aliphatic carbocycles. The van der Waals surface area contributed by atoms with Crippen molar-refractivity contribution in [1.29, 1.82) is 0 Å². The molecule has 0 fully saturated rings. The van der Waals surface area contributed by atoms with Crippen molar-refractivity contribution >= 4 is 11.8 Å². The molecule has 152 valence electrons. The van der Waals surface area contributed by atoms with E-state index in [4.69, 9.17) is 0 Å². The van der Waals surface area contributed by atoms with Crippen molar-refractivity contribution < 1.29 is 17.9 Å². The Bertz CT molecular complexity index is 935. The number of nitrogens with one attached hydrogen (secondary N) is 2. The minimum absolute atomic E-state index is 0.300. The number of rotatable bonds is 8. The van der Waals surface area contributed by atoms with Crippen LogP contribution in [0.3, 0.4) is 0 Å². The summed E-state index contributed by atoms with van der Waals surface area (Å²) in [7, 11) is 0. The molecular weight excluding hydrogens is 383 g/mol. The first-order chi connectivity index (χ1) is 13.9. The summed E-state index contributed by atoms with van der Waals surface area (Å²) in [5.41, 5.74) is 2.10. The monoisotopic (exact) mass is 403 g/mol. The number of nitrogens with zero attached hydrogens (tertiary/aromatic N) is 3. The molecular formula is C20H20F3N5O.